The Labute approximate surface area is 165 Å². The van der Waals surface area contributed by atoms with Crippen molar-refractivity contribution in [3.8, 4) is 11.4 Å². The molecule has 2 aliphatic rings. The molecule has 0 spiro atoms. The second-order valence-electron chi connectivity index (χ2n) is 8.01. The normalized spacial score (nSPS) is 17.1. The fourth-order valence-corrected chi connectivity index (χ4v) is 4.49. The molecule has 5 rings (SSSR count). The van der Waals surface area contributed by atoms with E-state index >= 15 is 0 Å². The molecule has 28 heavy (non-hydrogen) atoms. The third kappa shape index (κ3) is 3.28. The van der Waals surface area contributed by atoms with Crippen LogP contribution in [0.2, 0.25) is 0 Å². The largest absolute Gasteiger partial charge is 0.356 e. The van der Waals surface area contributed by atoms with E-state index in [0.29, 0.717) is 5.92 Å². The highest BCUT2D eigenvalue weighted by Crippen LogP contribution is 2.33. The van der Waals surface area contributed by atoms with E-state index in [1.54, 1.807) is 6.33 Å². The molecule has 1 aliphatic carbocycles. The molecule has 144 valence electrons. The Hall–Kier alpha value is -2.76. The molecule has 6 nitrogen and oxygen atoms in total. The van der Waals surface area contributed by atoms with Crippen LogP contribution in [0, 0.1) is 5.92 Å². The van der Waals surface area contributed by atoms with Crippen LogP contribution in [0.25, 0.3) is 11.4 Å². The summed E-state index contributed by atoms with van der Waals surface area (Å²) in [6.45, 7) is 2.11. The fraction of sp³-hybridized carbons (Fsp3) is 0.455. The number of rotatable bonds is 4. The number of fused-ring (bicyclic) bond motifs is 1. The van der Waals surface area contributed by atoms with Crippen molar-refractivity contribution in [2.24, 2.45) is 13.0 Å². The first-order valence-electron chi connectivity index (χ1n) is 10.3. The number of nitrogens with zero attached hydrogens (tertiary/aromatic N) is 6. The SMILES string of the molecule is Cn1cnnc1CC1CCN(c2nc(-c3ccccc3)nc3c2CCC3)CC1. The number of hydrogen-bond acceptors (Lipinski definition) is 5. The summed E-state index contributed by atoms with van der Waals surface area (Å²) < 4.78 is 2.04. The first-order chi connectivity index (χ1) is 13.8. The van der Waals surface area contributed by atoms with Gasteiger partial charge in [-0.2, -0.15) is 0 Å². The van der Waals surface area contributed by atoms with Crippen molar-refractivity contribution in [3.63, 3.8) is 0 Å². The maximum Gasteiger partial charge on any atom is 0.161 e. The fourth-order valence-electron chi connectivity index (χ4n) is 4.49. The first-order valence-corrected chi connectivity index (χ1v) is 10.3. The van der Waals surface area contributed by atoms with Gasteiger partial charge in [-0.1, -0.05) is 30.3 Å². The Morgan fingerprint density at radius 2 is 1.86 bits per heavy atom. The summed E-state index contributed by atoms with van der Waals surface area (Å²) in [5, 5.41) is 8.27. The summed E-state index contributed by atoms with van der Waals surface area (Å²) in [6.07, 6.45) is 8.53. The average molecular weight is 374 g/mol. The van der Waals surface area contributed by atoms with Gasteiger partial charge in [0, 0.05) is 43.4 Å². The minimum Gasteiger partial charge on any atom is -0.356 e. The number of piperidine rings is 1. The molecule has 3 aromatic rings. The second kappa shape index (κ2) is 7.34. The minimum atomic E-state index is 0.669. The third-order valence-corrected chi connectivity index (χ3v) is 6.13. The standard InChI is InChI=1S/C22H26N6/c1-27-15-23-26-20(27)14-16-10-12-28(13-11-16)22-18-8-5-9-19(18)24-21(25-22)17-6-3-2-4-7-17/h2-4,6-7,15-16H,5,8-14H2,1H3. The van der Waals surface area contributed by atoms with E-state index in [0.717, 1.165) is 49.6 Å². The molecule has 0 amide bonds. The smallest absolute Gasteiger partial charge is 0.161 e. The molecule has 1 aromatic carbocycles. The lowest BCUT2D eigenvalue weighted by molar-refractivity contribution is 0.391. The van der Waals surface area contributed by atoms with Gasteiger partial charge >= 0.3 is 0 Å². The van der Waals surface area contributed by atoms with Gasteiger partial charge in [0.15, 0.2) is 5.82 Å². The van der Waals surface area contributed by atoms with Crippen LogP contribution < -0.4 is 4.90 Å². The molecule has 1 saturated heterocycles. The monoisotopic (exact) mass is 374 g/mol. The second-order valence-corrected chi connectivity index (χ2v) is 8.01. The topological polar surface area (TPSA) is 59.7 Å². The third-order valence-electron chi connectivity index (χ3n) is 6.13. The molecule has 2 aromatic heterocycles. The average Bonchev–Trinajstić information content (AvgIpc) is 3.37. The van der Waals surface area contributed by atoms with Crippen LogP contribution in [0.5, 0.6) is 0 Å². The summed E-state index contributed by atoms with van der Waals surface area (Å²) in [7, 11) is 2.03. The van der Waals surface area contributed by atoms with Crippen LogP contribution in [-0.4, -0.2) is 37.8 Å². The van der Waals surface area contributed by atoms with Gasteiger partial charge in [0.05, 0.1) is 0 Å². The van der Waals surface area contributed by atoms with E-state index < -0.39 is 0 Å². The van der Waals surface area contributed by atoms with Crippen molar-refractivity contribution in [2.75, 3.05) is 18.0 Å². The highest BCUT2D eigenvalue weighted by atomic mass is 15.2. The van der Waals surface area contributed by atoms with Crippen LogP contribution in [0.1, 0.15) is 36.3 Å². The van der Waals surface area contributed by atoms with Crippen LogP contribution in [0.3, 0.4) is 0 Å². The highest BCUT2D eigenvalue weighted by Gasteiger charge is 2.27. The zero-order chi connectivity index (χ0) is 18.9. The van der Waals surface area contributed by atoms with Gasteiger partial charge in [-0.3, -0.25) is 0 Å². The van der Waals surface area contributed by atoms with E-state index in [-0.39, 0.29) is 0 Å². The Kier molecular flexibility index (Phi) is 4.55. The van der Waals surface area contributed by atoms with Crippen molar-refractivity contribution in [1.29, 1.82) is 0 Å². The molecule has 6 heteroatoms. The lowest BCUT2D eigenvalue weighted by atomic mass is 9.93. The van der Waals surface area contributed by atoms with Gasteiger partial charge < -0.3 is 9.47 Å². The quantitative estimate of drug-likeness (QED) is 0.702. The summed E-state index contributed by atoms with van der Waals surface area (Å²) in [6, 6.07) is 10.4. The van der Waals surface area contributed by atoms with E-state index in [1.165, 1.54) is 36.3 Å². The molecule has 1 fully saturated rings. The number of anilines is 1. The molecule has 3 heterocycles. The van der Waals surface area contributed by atoms with Crippen LogP contribution in [0.4, 0.5) is 5.82 Å². The lowest BCUT2D eigenvalue weighted by Crippen LogP contribution is -2.36. The highest BCUT2D eigenvalue weighted by molar-refractivity contribution is 5.61. The van der Waals surface area contributed by atoms with Crippen molar-refractivity contribution in [3.05, 3.63) is 53.7 Å². The van der Waals surface area contributed by atoms with Gasteiger partial charge in [0.25, 0.3) is 0 Å². The molecule has 0 N–H and O–H groups in total. The summed E-state index contributed by atoms with van der Waals surface area (Å²) in [5.41, 5.74) is 3.74. The van der Waals surface area contributed by atoms with Gasteiger partial charge in [-0.25, -0.2) is 9.97 Å². The summed E-state index contributed by atoms with van der Waals surface area (Å²) in [5.74, 6) is 3.81. The molecule has 0 radical (unpaired) electrons. The van der Waals surface area contributed by atoms with Crippen molar-refractivity contribution in [2.45, 2.75) is 38.5 Å². The Morgan fingerprint density at radius 1 is 1.04 bits per heavy atom. The predicted molar refractivity (Wildman–Crippen MR) is 109 cm³/mol. The van der Waals surface area contributed by atoms with Crippen LogP contribution in [0.15, 0.2) is 36.7 Å². The molecule has 1 aliphatic heterocycles. The molecule has 0 atom stereocenters. The maximum atomic E-state index is 5.04. The number of aromatic nitrogens is 5. The lowest BCUT2D eigenvalue weighted by Gasteiger charge is -2.34. The number of benzene rings is 1. The number of hydrogen-bond donors (Lipinski definition) is 0. The zero-order valence-electron chi connectivity index (χ0n) is 16.4. The van der Waals surface area contributed by atoms with E-state index in [1.807, 2.05) is 17.7 Å². The minimum absolute atomic E-state index is 0.669. The molecule has 0 unspecified atom stereocenters. The number of aryl methyl sites for hydroxylation is 2. The predicted octanol–water partition coefficient (Wildman–Crippen LogP) is 3.22. The Balaban J connectivity index is 1.37. The molecular weight excluding hydrogens is 348 g/mol. The molecular formula is C22H26N6. The Bertz CT molecular complexity index is 956. The van der Waals surface area contributed by atoms with Gasteiger partial charge in [-0.15, -0.1) is 10.2 Å². The van der Waals surface area contributed by atoms with Gasteiger partial charge in [-0.05, 0) is 38.0 Å². The van der Waals surface area contributed by atoms with Crippen LogP contribution in [-0.2, 0) is 26.3 Å². The van der Waals surface area contributed by atoms with Crippen molar-refractivity contribution < 1.29 is 0 Å². The zero-order valence-corrected chi connectivity index (χ0v) is 16.4. The summed E-state index contributed by atoms with van der Waals surface area (Å²) >= 11 is 0. The van der Waals surface area contributed by atoms with Crippen LogP contribution >= 0.6 is 0 Å². The van der Waals surface area contributed by atoms with E-state index in [2.05, 4.69) is 39.4 Å². The molecule has 0 saturated carbocycles. The van der Waals surface area contributed by atoms with Crippen molar-refractivity contribution in [1.82, 2.24) is 24.7 Å². The molecule has 0 bridgehead atoms. The summed E-state index contributed by atoms with van der Waals surface area (Å²) in [4.78, 5) is 12.4. The van der Waals surface area contributed by atoms with Crippen molar-refractivity contribution >= 4 is 5.82 Å². The van der Waals surface area contributed by atoms with Gasteiger partial charge in [0.2, 0.25) is 0 Å². The van der Waals surface area contributed by atoms with E-state index in [9.17, 15) is 0 Å². The Morgan fingerprint density at radius 3 is 2.61 bits per heavy atom. The van der Waals surface area contributed by atoms with Gasteiger partial charge in [0.1, 0.15) is 18.0 Å². The maximum absolute atomic E-state index is 5.04. The first kappa shape index (κ1) is 17.3. The van der Waals surface area contributed by atoms with E-state index in [4.69, 9.17) is 9.97 Å².